The highest BCUT2D eigenvalue weighted by atomic mass is 16.5. The van der Waals surface area contributed by atoms with Crippen molar-refractivity contribution >= 4 is 51.8 Å². The summed E-state index contributed by atoms with van der Waals surface area (Å²) in [4.78, 5) is 77.3. The molecule has 4 heterocycles. The van der Waals surface area contributed by atoms with Crippen LogP contribution >= 0.6 is 0 Å². The lowest BCUT2D eigenvalue weighted by atomic mass is 9.49. The molecule has 4 aromatic rings. The van der Waals surface area contributed by atoms with Gasteiger partial charge in [0.05, 0.1) is 23.2 Å². The van der Waals surface area contributed by atoms with Crippen LogP contribution in [0.5, 0.6) is 11.5 Å². The molecular formula is C44H45N7O7. The average molecular weight is 784 g/mol. The van der Waals surface area contributed by atoms with Crippen molar-refractivity contribution in [3.8, 4) is 11.5 Å². The summed E-state index contributed by atoms with van der Waals surface area (Å²) in [6.45, 7) is 20.0. The molecule has 3 aromatic carbocycles. The normalized spacial score (nSPS) is 22.5. The fourth-order valence-corrected chi connectivity index (χ4v) is 9.35. The van der Waals surface area contributed by atoms with Crippen LogP contribution in [0.3, 0.4) is 0 Å². The standard InChI is InChI=1S/C44H45N7O7/c1-43(2)41(44(3,4)42(43)58-34-16-14-32(45-5)36-30(34)7-6-18-46-36)48-37(53)26-8-11-28(12-9-26)57-24-23-49-19-21-50(22-20-49)27-10-13-29-31(25-27)40(56)51(39(29)55)33-15-17-35(52)47-38(33)54/h6-14,16,18,25,33,41-42H,15,17,19-24H2,1-4H3,(H,48,53)(H,47,52,54). The predicted octanol–water partition coefficient (Wildman–Crippen LogP) is 5.00. The third-order valence-corrected chi connectivity index (χ3v) is 12.1. The van der Waals surface area contributed by atoms with E-state index in [1.807, 2.05) is 36.4 Å². The number of benzene rings is 3. The van der Waals surface area contributed by atoms with Crippen molar-refractivity contribution in [1.29, 1.82) is 0 Å². The highest BCUT2D eigenvalue weighted by Crippen LogP contribution is 2.56. The van der Waals surface area contributed by atoms with Gasteiger partial charge >= 0.3 is 0 Å². The number of rotatable bonds is 10. The number of nitrogens with one attached hydrogen (secondary N) is 2. The molecule has 14 nitrogen and oxygen atoms in total. The van der Waals surface area contributed by atoms with Crippen molar-refractivity contribution in [3.05, 3.63) is 101 Å². The molecule has 58 heavy (non-hydrogen) atoms. The number of pyridine rings is 1. The second kappa shape index (κ2) is 14.9. The number of anilines is 1. The maximum Gasteiger partial charge on any atom is 0.262 e. The largest absolute Gasteiger partial charge is 0.492 e. The Hall–Kier alpha value is -6.33. The van der Waals surface area contributed by atoms with E-state index < -0.39 is 29.7 Å². The van der Waals surface area contributed by atoms with E-state index >= 15 is 0 Å². The zero-order valence-electron chi connectivity index (χ0n) is 32.9. The lowest BCUT2D eigenvalue weighted by Crippen LogP contribution is -2.74. The Kier molecular flexibility index (Phi) is 9.88. The van der Waals surface area contributed by atoms with Gasteiger partial charge in [-0.15, -0.1) is 0 Å². The Bertz CT molecular complexity index is 2360. The highest BCUT2D eigenvalue weighted by molar-refractivity contribution is 6.23. The molecule has 298 valence electrons. The molecule has 2 saturated heterocycles. The van der Waals surface area contributed by atoms with Crippen molar-refractivity contribution in [3.63, 3.8) is 0 Å². The first-order chi connectivity index (χ1) is 27.8. The van der Waals surface area contributed by atoms with Gasteiger partial charge in [-0.3, -0.25) is 44.1 Å². The van der Waals surface area contributed by atoms with Gasteiger partial charge in [0.25, 0.3) is 17.7 Å². The van der Waals surface area contributed by atoms with Gasteiger partial charge in [0.1, 0.15) is 30.3 Å². The van der Waals surface area contributed by atoms with E-state index in [4.69, 9.17) is 16.0 Å². The zero-order valence-corrected chi connectivity index (χ0v) is 32.9. The second-order valence-corrected chi connectivity index (χ2v) is 16.5. The molecule has 3 aliphatic heterocycles. The summed E-state index contributed by atoms with van der Waals surface area (Å²) in [5.74, 6) is -0.892. The van der Waals surface area contributed by atoms with Crippen LogP contribution < -0.4 is 25.0 Å². The first-order valence-corrected chi connectivity index (χ1v) is 19.6. The molecule has 8 rings (SSSR count). The van der Waals surface area contributed by atoms with Gasteiger partial charge in [-0.2, -0.15) is 0 Å². The van der Waals surface area contributed by atoms with E-state index in [2.05, 4.69) is 58.0 Å². The zero-order chi connectivity index (χ0) is 40.9. The maximum atomic E-state index is 13.5. The predicted molar refractivity (Wildman–Crippen MR) is 215 cm³/mol. The van der Waals surface area contributed by atoms with E-state index in [-0.39, 0.29) is 52.9 Å². The van der Waals surface area contributed by atoms with Gasteiger partial charge in [0.2, 0.25) is 17.5 Å². The van der Waals surface area contributed by atoms with E-state index in [0.717, 1.165) is 29.1 Å². The minimum Gasteiger partial charge on any atom is -0.492 e. The van der Waals surface area contributed by atoms with Crippen molar-refractivity contribution in [2.75, 3.05) is 44.2 Å². The number of carbonyl (C=O) groups is 5. The van der Waals surface area contributed by atoms with Gasteiger partial charge in [-0.1, -0.05) is 33.8 Å². The van der Waals surface area contributed by atoms with Crippen LogP contribution in [0.1, 0.15) is 71.6 Å². The Morgan fingerprint density at radius 2 is 1.66 bits per heavy atom. The molecule has 0 spiro atoms. The monoisotopic (exact) mass is 783 g/mol. The summed E-state index contributed by atoms with van der Waals surface area (Å²) >= 11 is 0. The molecule has 1 aliphatic carbocycles. The number of piperazine rings is 1. The van der Waals surface area contributed by atoms with E-state index in [0.29, 0.717) is 54.5 Å². The smallest absolute Gasteiger partial charge is 0.262 e. The summed E-state index contributed by atoms with van der Waals surface area (Å²) in [6.07, 6.45) is 1.66. The number of carbonyl (C=O) groups excluding carboxylic acids is 5. The number of imide groups is 2. The lowest BCUT2D eigenvalue weighted by molar-refractivity contribution is -0.163. The van der Waals surface area contributed by atoms with Crippen LogP contribution in [0.15, 0.2) is 72.9 Å². The lowest BCUT2D eigenvalue weighted by Gasteiger charge is -2.63. The third-order valence-electron chi connectivity index (χ3n) is 12.1. The first-order valence-electron chi connectivity index (χ1n) is 19.6. The number of fused-ring (bicyclic) bond motifs is 2. The van der Waals surface area contributed by atoms with Crippen LogP contribution in [0.4, 0.5) is 11.4 Å². The van der Waals surface area contributed by atoms with Crippen LogP contribution in [0, 0.1) is 17.4 Å². The quantitative estimate of drug-likeness (QED) is 0.166. The summed E-state index contributed by atoms with van der Waals surface area (Å²) in [5, 5.41) is 6.27. The van der Waals surface area contributed by atoms with Gasteiger partial charge in [0.15, 0.2) is 0 Å². The second-order valence-electron chi connectivity index (χ2n) is 16.5. The SMILES string of the molecule is [C-]#[N+]c1ccc(OC2C(C)(C)C(NC(=O)c3ccc(OCCN4CCN(c5ccc6c(c5)C(=O)N(C5CCC(=O)NC5=O)C6=O)CC4)cc3)C2(C)C)c2cccnc12. The number of aromatic nitrogens is 1. The molecule has 0 bridgehead atoms. The summed E-state index contributed by atoms with van der Waals surface area (Å²) in [6, 6.07) is 18.5. The van der Waals surface area contributed by atoms with Crippen molar-refractivity contribution < 1.29 is 33.4 Å². The third kappa shape index (κ3) is 6.79. The molecule has 1 aromatic heterocycles. The molecule has 5 amide bonds. The Labute approximate surface area is 336 Å². The topological polar surface area (TPSA) is 155 Å². The molecule has 3 fully saturated rings. The number of amides is 5. The van der Waals surface area contributed by atoms with Crippen LogP contribution in [0.2, 0.25) is 0 Å². The summed E-state index contributed by atoms with van der Waals surface area (Å²) in [7, 11) is 0. The molecular weight excluding hydrogens is 739 g/mol. The van der Waals surface area contributed by atoms with Gasteiger partial charge < -0.3 is 19.7 Å². The molecule has 1 saturated carbocycles. The fraction of sp³-hybridized carbons (Fsp3) is 0.386. The average Bonchev–Trinajstić information content (AvgIpc) is 3.46. The Morgan fingerprint density at radius 1 is 0.931 bits per heavy atom. The van der Waals surface area contributed by atoms with Crippen molar-refractivity contribution in [1.82, 2.24) is 25.4 Å². The molecule has 14 heteroatoms. The summed E-state index contributed by atoms with van der Waals surface area (Å²) in [5.41, 5.74) is 2.22. The Morgan fingerprint density at radius 3 is 2.36 bits per heavy atom. The first kappa shape index (κ1) is 38.5. The minimum atomic E-state index is -0.993. The van der Waals surface area contributed by atoms with E-state index in [9.17, 15) is 24.0 Å². The minimum absolute atomic E-state index is 0.0765. The van der Waals surface area contributed by atoms with Crippen LogP contribution in [-0.2, 0) is 9.59 Å². The Balaban J connectivity index is 0.804. The van der Waals surface area contributed by atoms with Crippen LogP contribution in [-0.4, -0.2) is 102 Å². The summed E-state index contributed by atoms with van der Waals surface area (Å²) < 4.78 is 12.7. The highest BCUT2D eigenvalue weighted by Gasteiger charge is 2.64. The molecule has 1 atom stereocenters. The fourth-order valence-electron chi connectivity index (χ4n) is 9.35. The van der Waals surface area contributed by atoms with Crippen LogP contribution in [0.25, 0.3) is 15.7 Å². The molecule has 1 unspecified atom stereocenters. The van der Waals surface area contributed by atoms with Gasteiger partial charge in [-0.05, 0) is 67.1 Å². The van der Waals surface area contributed by atoms with Crippen molar-refractivity contribution in [2.45, 2.75) is 58.7 Å². The number of hydrogen-bond acceptors (Lipinski definition) is 10. The van der Waals surface area contributed by atoms with Gasteiger partial charge in [-0.25, -0.2) is 4.85 Å². The van der Waals surface area contributed by atoms with Gasteiger partial charge in [0, 0.05) is 78.9 Å². The molecule has 4 aliphatic rings. The number of piperidine rings is 1. The number of hydrogen-bond donors (Lipinski definition) is 2. The maximum absolute atomic E-state index is 13.5. The molecule has 0 radical (unpaired) electrons. The number of nitrogens with zero attached hydrogens (tertiary/aromatic N) is 5. The molecule has 2 N–H and O–H groups in total. The number of ether oxygens (including phenoxy) is 2. The van der Waals surface area contributed by atoms with E-state index in [1.54, 1.807) is 36.5 Å². The van der Waals surface area contributed by atoms with E-state index in [1.165, 1.54) is 0 Å². The van der Waals surface area contributed by atoms with Crippen molar-refractivity contribution in [2.24, 2.45) is 10.8 Å².